The topological polar surface area (TPSA) is 45.6 Å². The van der Waals surface area contributed by atoms with E-state index >= 15 is 0 Å². The van der Waals surface area contributed by atoms with E-state index in [1.807, 2.05) is 14.0 Å². The molecule has 0 saturated heterocycles. The molecule has 0 radical (unpaired) electrons. The molecule has 0 spiro atoms. The predicted octanol–water partition coefficient (Wildman–Crippen LogP) is 4.02. The van der Waals surface area contributed by atoms with Gasteiger partial charge in [-0.25, -0.2) is 0 Å². The van der Waals surface area contributed by atoms with E-state index in [-0.39, 0.29) is 24.0 Å². The van der Waals surface area contributed by atoms with Crippen molar-refractivity contribution in [1.29, 1.82) is 0 Å². The van der Waals surface area contributed by atoms with Crippen LogP contribution in [-0.2, 0) is 13.0 Å². The summed E-state index contributed by atoms with van der Waals surface area (Å²) in [4.78, 5) is 4.34. The summed E-state index contributed by atoms with van der Waals surface area (Å²) >= 11 is 0. The van der Waals surface area contributed by atoms with Crippen LogP contribution in [0.2, 0.25) is 0 Å². The van der Waals surface area contributed by atoms with Crippen LogP contribution in [0.5, 0.6) is 5.75 Å². The molecule has 0 aliphatic heterocycles. The molecular weight excluding hydrogens is 437 g/mol. The van der Waals surface area contributed by atoms with Crippen molar-refractivity contribution >= 4 is 29.9 Å². The lowest BCUT2D eigenvalue weighted by atomic mass is 9.78. The van der Waals surface area contributed by atoms with E-state index in [2.05, 4.69) is 65.0 Å². The van der Waals surface area contributed by atoms with Crippen LogP contribution in [0.15, 0.2) is 47.5 Å². The van der Waals surface area contributed by atoms with Crippen molar-refractivity contribution in [3.63, 3.8) is 0 Å². The molecule has 2 N–H and O–H groups in total. The molecule has 1 atom stereocenters. The first-order valence-corrected chi connectivity index (χ1v) is 8.96. The highest BCUT2D eigenvalue weighted by atomic mass is 127. The summed E-state index contributed by atoms with van der Waals surface area (Å²) in [6.45, 7) is 6.36. The van der Waals surface area contributed by atoms with E-state index in [9.17, 15) is 0 Å². The zero-order chi connectivity index (χ0) is 17.6. The SMILES string of the molecule is CCOc1cc(C)ccc1CNC(=NC)NCC1Cc2ccccc21.I. The summed E-state index contributed by atoms with van der Waals surface area (Å²) in [5.74, 6) is 2.35. The van der Waals surface area contributed by atoms with Crippen molar-refractivity contribution < 1.29 is 4.74 Å². The van der Waals surface area contributed by atoms with Gasteiger partial charge in [0.2, 0.25) is 0 Å². The van der Waals surface area contributed by atoms with Crippen molar-refractivity contribution in [2.45, 2.75) is 32.7 Å². The van der Waals surface area contributed by atoms with Gasteiger partial charge in [-0.2, -0.15) is 0 Å². The fraction of sp³-hybridized carbons (Fsp3) is 0.381. The van der Waals surface area contributed by atoms with Crippen molar-refractivity contribution in [3.8, 4) is 5.75 Å². The van der Waals surface area contributed by atoms with Gasteiger partial charge < -0.3 is 15.4 Å². The van der Waals surface area contributed by atoms with Crippen LogP contribution in [0.3, 0.4) is 0 Å². The fourth-order valence-electron chi connectivity index (χ4n) is 3.26. The number of fused-ring (bicyclic) bond motifs is 1. The van der Waals surface area contributed by atoms with E-state index in [4.69, 9.17) is 4.74 Å². The van der Waals surface area contributed by atoms with Crippen molar-refractivity contribution in [2.75, 3.05) is 20.2 Å². The first-order chi connectivity index (χ1) is 12.2. The standard InChI is InChI=1S/C21H27N3O.HI/c1-4-25-20-11-15(2)9-10-17(20)13-23-21(22-3)24-14-18-12-16-7-5-6-8-19(16)18;/h5-11,18H,4,12-14H2,1-3H3,(H2,22,23,24);1H. The summed E-state index contributed by atoms with van der Waals surface area (Å²) in [7, 11) is 1.81. The van der Waals surface area contributed by atoms with E-state index in [0.717, 1.165) is 30.2 Å². The summed E-state index contributed by atoms with van der Waals surface area (Å²) < 4.78 is 5.75. The molecule has 0 fully saturated rings. The second kappa shape index (κ2) is 9.80. The Morgan fingerprint density at radius 3 is 2.73 bits per heavy atom. The Morgan fingerprint density at radius 1 is 1.19 bits per heavy atom. The zero-order valence-electron chi connectivity index (χ0n) is 15.7. The highest BCUT2D eigenvalue weighted by molar-refractivity contribution is 14.0. The molecule has 1 aliphatic carbocycles. The Hall–Kier alpha value is -1.76. The van der Waals surface area contributed by atoms with Crippen LogP contribution in [0.1, 0.15) is 35.1 Å². The lowest BCUT2D eigenvalue weighted by Gasteiger charge is -2.30. The van der Waals surface area contributed by atoms with Gasteiger partial charge in [-0.1, -0.05) is 36.4 Å². The van der Waals surface area contributed by atoms with Gasteiger partial charge >= 0.3 is 0 Å². The number of hydrogen-bond donors (Lipinski definition) is 2. The largest absolute Gasteiger partial charge is 0.494 e. The van der Waals surface area contributed by atoms with Crippen LogP contribution in [0.4, 0.5) is 0 Å². The number of rotatable bonds is 6. The molecule has 140 valence electrons. The van der Waals surface area contributed by atoms with E-state index < -0.39 is 0 Å². The van der Waals surface area contributed by atoms with Gasteiger partial charge in [-0.05, 0) is 43.0 Å². The summed E-state index contributed by atoms with van der Waals surface area (Å²) in [5.41, 5.74) is 5.28. The normalized spacial score (nSPS) is 15.3. The highest BCUT2D eigenvalue weighted by Gasteiger charge is 2.25. The molecule has 0 amide bonds. The molecule has 0 heterocycles. The maximum atomic E-state index is 5.75. The minimum Gasteiger partial charge on any atom is -0.494 e. The molecular formula is C21H28IN3O. The number of nitrogens with zero attached hydrogens (tertiary/aromatic N) is 1. The van der Waals surface area contributed by atoms with E-state index in [1.165, 1.54) is 16.7 Å². The van der Waals surface area contributed by atoms with Crippen molar-refractivity contribution in [2.24, 2.45) is 4.99 Å². The van der Waals surface area contributed by atoms with Crippen LogP contribution in [0.25, 0.3) is 0 Å². The maximum Gasteiger partial charge on any atom is 0.191 e. The fourth-order valence-corrected chi connectivity index (χ4v) is 3.26. The average Bonchev–Trinajstić information content (AvgIpc) is 2.60. The Kier molecular flexibility index (Phi) is 7.75. The number of aryl methyl sites for hydroxylation is 1. The quantitative estimate of drug-likeness (QED) is 0.385. The van der Waals surface area contributed by atoms with Gasteiger partial charge in [0.1, 0.15) is 5.75 Å². The predicted molar refractivity (Wildman–Crippen MR) is 119 cm³/mol. The molecule has 1 unspecified atom stereocenters. The number of aliphatic imine (C=N–C) groups is 1. The van der Waals surface area contributed by atoms with Crippen LogP contribution >= 0.6 is 24.0 Å². The molecule has 1 aliphatic rings. The van der Waals surface area contributed by atoms with Crippen molar-refractivity contribution in [3.05, 3.63) is 64.7 Å². The first-order valence-electron chi connectivity index (χ1n) is 8.96. The number of benzene rings is 2. The second-order valence-electron chi connectivity index (χ2n) is 6.45. The molecule has 26 heavy (non-hydrogen) atoms. The van der Waals surface area contributed by atoms with Crippen LogP contribution < -0.4 is 15.4 Å². The molecule has 0 saturated carbocycles. The maximum absolute atomic E-state index is 5.75. The highest BCUT2D eigenvalue weighted by Crippen LogP contribution is 2.33. The van der Waals surface area contributed by atoms with Gasteiger partial charge in [0.15, 0.2) is 5.96 Å². The number of guanidine groups is 1. The van der Waals surface area contributed by atoms with Gasteiger partial charge in [-0.3, -0.25) is 4.99 Å². The minimum atomic E-state index is 0. The second-order valence-corrected chi connectivity index (χ2v) is 6.45. The Balaban J connectivity index is 0.00000243. The molecule has 0 aromatic heterocycles. The third-order valence-corrected chi connectivity index (χ3v) is 4.67. The molecule has 2 aromatic carbocycles. The summed E-state index contributed by atoms with van der Waals surface area (Å²) in [5, 5.41) is 6.83. The lowest BCUT2D eigenvalue weighted by molar-refractivity contribution is 0.336. The number of hydrogen-bond acceptors (Lipinski definition) is 2. The number of nitrogens with one attached hydrogen (secondary N) is 2. The average molecular weight is 465 g/mol. The van der Waals surface area contributed by atoms with E-state index in [1.54, 1.807) is 0 Å². The molecule has 5 heteroatoms. The first kappa shape index (κ1) is 20.6. The minimum absolute atomic E-state index is 0. The van der Waals surface area contributed by atoms with Crippen LogP contribution in [-0.4, -0.2) is 26.2 Å². The van der Waals surface area contributed by atoms with Gasteiger partial charge in [0, 0.05) is 31.6 Å². The lowest BCUT2D eigenvalue weighted by Crippen LogP contribution is -2.40. The summed E-state index contributed by atoms with van der Waals surface area (Å²) in [6.07, 6.45) is 1.15. The van der Waals surface area contributed by atoms with Gasteiger partial charge in [0.25, 0.3) is 0 Å². The van der Waals surface area contributed by atoms with Gasteiger partial charge in [0.05, 0.1) is 6.61 Å². The third-order valence-electron chi connectivity index (χ3n) is 4.67. The molecule has 3 rings (SSSR count). The number of halogens is 1. The third kappa shape index (κ3) is 4.90. The Labute approximate surface area is 173 Å². The Morgan fingerprint density at radius 2 is 2.00 bits per heavy atom. The number of ether oxygens (including phenoxy) is 1. The zero-order valence-corrected chi connectivity index (χ0v) is 18.0. The smallest absolute Gasteiger partial charge is 0.191 e. The van der Waals surface area contributed by atoms with E-state index in [0.29, 0.717) is 19.1 Å². The van der Waals surface area contributed by atoms with Crippen molar-refractivity contribution in [1.82, 2.24) is 10.6 Å². The Bertz CT molecular complexity index is 761. The summed E-state index contributed by atoms with van der Waals surface area (Å²) in [6, 6.07) is 15.0. The molecule has 4 nitrogen and oxygen atoms in total. The van der Waals surface area contributed by atoms with Gasteiger partial charge in [-0.15, -0.1) is 24.0 Å². The molecule has 0 bridgehead atoms. The van der Waals surface area contributed by atoms with Crippen LogP contribution in [0, 0.1) is 6.92 Å². The monoisotopic (exact) mass is 465 g/mol. The molecule has 2 aromatic rings.